The molecule has 0 aromatic heterocycles. The second-order valence-corrected chi connectivity index (χ2v) is 8.90. The van der Waals surface area contributed by atoms with Crippen LogP contribution < -0.4 is 0 Å². The van der Waals surface area contributed by atoms with Crippen LogP contribution in [0.5, 0.6) is 0 Å². The Bertz CT molecular complexity index is 735. The molecule has 32 heavy (non-hydrogen) atoms. The van der Waals surface area contributed by atoms with Gasteiger partial charge in [-0.15, -0.1) is 0 Å². The van der Waals surface area contributed by atoms with E-state index >= 15 is 0 Å². The minimum absolute atomic E-state index is 0.163. The fraction of sp³-hybridized carbons (Fsp3) is 0.640. The number of carboxylic acids is 1. The number of aliphatic carboxylic acids is 1. The van der Waals surface area contributed by atoms with Crippen LogP contribution in [0.2, 0.25) is 0 Å². The molecule has 184 valence electrons. The van der Waals surface area contributed by atoms with E-state index in [-0.39, 0.29) is 17.4 Å². The highest BCUT2D eigenvalue weighted by molar-refractivity contribution is 5.73. The van der Waals surface area contributed by atoms with E-state index in [0.29, 0.717) is 5.57 Å². The van der Waals surface area contributed by atoms with Crippen molar-refractivity contribution in [2.45, 2.75) is 85.9 Å². The van der Waals surface area contributed by atoms with E-state index in [0.717, 1.165) is 11.1 Å². The number of aliphatic hydroxyl groups excluding tert-OH is 5. The minimum Gasteiger partial charge on any atom is -0.479 e. The van der Waals surface area contributed by atoms with Crippen LogP contribution in [0.15, 0.2) is 46.6 Å². The van der Waals surface area contributed by atoms with Gasteiger partial charge in [0.15, 0.2) is 6.10 Å². The lowest BCUT2D eigenvalue weighted by atomic mass is 9.88. The van der Waals surface area contributed by atoms with Gasteiger partial charge in [0.25, 0.3) is 0 Å². The minimum atomic E-state index is -1.94. The Morgan fingerprint density at radius 3 is 1.12 bits per heavy atom. The molecule has 0 saturated heterocycles. The van der Waals surface area contributed by atoms with Gasteiger partial charge in [0.1, 0.15) is 6.10 Å². The summed E-state index contributed by atoms with van der Waals surface area (Å²) in [5.41, 5.74) is 2.45. The number of rotatable bonds is 12. The van der Waals surface area contributed by atoms with Crippen molar-refractivity contribution in [3.8, 4) is 0 Å². The molecule has 0 aliphatic carbocycles. The molecule has 0 amide bonds. The molecule has 6 N–H and O–H groups in total. The largest absolute Gasteiger partial charge is 0.479 e. The normalized spacial score (nSPS) is 21.9. The topological polar surface area (TPSA) is 138 Å². The number of carbonyl (C=O) groups is 1. The standard InChI is InChI=1S/C25H42O7/c1-9-13(2)20(26)14(3)10-15(4)21(27)16(5)11-17(6)22(28)18(7)12-19(8)23(29)24(30)25(31)32/h9-12,14,16,18,20-24,26-30H,1-8H3,(H,31,32)/b13-9+,15-10+,17-11+,19-12+/t14-,16-,18-,20+,21+,22+,23+,24-/m1/s1. The molecule has 0 unspecified atom stereocenters. The van der Waals surface area contributed by atoms with Crippen molar-refractivity contribution in [3.63, 3.8) is 0 Å². The third-order valence-corrected chi connectivity index (χ3v) is 5.94. The van der Waals surface area contributed by atoms with Gasteiger partial charge in [-0.1, -0.05) is 45.1 Å². The number of hydrogen-bond donors (Lipinski definition) is 6. The van der Waals surface area contributed by atoms with Crippen LogP contribution in [0.4, 0.5) is 0 Å². The molecule has 0 saturated carbocycles. The first-order valence-electron chi connectivity index (χ1n) is 11.0. The van der Waals surface area contributed by atoms with Gasteiger partial charge < -0.3 is 30.6 Å². The van der Waals surface area contributed by atoms with Crippen LogP contribution in [-0.2, 0) is 4.79 Å². The van der Waals surface area contributed by atoms with Gasteiger partial charge in [0, 0.05) is 17.8 Å². The Balaban J connectivity index is 5.35. The zero-order valence-corrected chi connectivity index (χ0v) is 20.5. The molecular formula is C25H42O7. The van der Waals surface area contributed by atoms with E-state index in [9.17, 15) is 30.3 Å². The molecular weight excluding hydrogens is 412 g/mol. The van der Waals surface area contributed by atoms with Crippen molar-refractivity contribution in [2.24, 2.45) is 17.8 Å². The summed E-state index contributed by atoms with van der Waals surface area (Å²) in [4.78, 5) is 10.8. The predicted molar refractivity (Wildman–Crippen MR) is 126 cm³/mol. The van der Waals surface area contributed by atoms with E-state index in [1.165, 1.54) is 13.0 Å². The lowest BCUT2D eigenvalue weighted by Crippen LogP contribution is -2.35. The van der Waals surface area contributed by atoms with Crippen LogP contribution in [-0.4, -0.2) is 67.1 Å². The van der Waals surface area contributed by atoms with Crippen molar-refractivity contribution in [3.05, 3.63) is 46.6 Å². The Kier molecular flexibility index (Phi) is 12.9. The number of carboxylic acid groups (broad SMARTS) is 1. The third kappa shape index (κ3) is 9.00. The number of allylic oxidation sites excluding steroid dienone is 1. The zero-order valence-electron chi connectivity index (χ0n) is 20.5. The van der Waals surface area contributed by atoms with Gasteiger partial charge >= 0.3 is 5.97 Å². The number of hydrogen-bond acceptors (Lipinski definition) is 6. The zero-order chi connectivity index (χ0) is 25.3. The Morgan fingerprint density at radius 1 is 0.562 bits per heavy atom. The number of aliphatic hydroxyl groups is 5. The van der Waals surface area contributed by atoms with Gasteiger partial charge in [-0.3, -0.25) is 0 Å². The van der Waals surface area contributed by atoms with Gasteiger partial charge in [0.05, 0.1) is 18.3 Å². The van der Waals surface area contributed by atoms with Crippen LogP contribution in [0.25, 0.3) is 0 Å². The lowest BCUT2D eigenvalue weighted by molar-refractivity contribution is -0.151. The summed E-state index contributed by atoms with van der Waals surface area (Å²) in [6, 6.07) is 0. The Hall–Kier alpha value is -1.77. The highest BCUT2D eigenvalue weighted by Crippen LogP contribution is 2.23. The summed E-state index contributed by atoms with van der Waals surface area (Å²) < 4.78 is 0. The summed E-state index contributed by atoms with van der Waals surface area (Å²) in [5.74, 6) is -2.44. The molecule has 0 fully saturated rings. The maximum atomic E-state index is 10.8. The van der Waals surface area contributed by atoms with E-state index < -0.39 is 42.4 Å². The highest BCUT2D eigenvalue weighted by Gasteiger charge is 2.26. The maximum absolute atomic E-state index is 10.8. The molecule has 0 spiro atoms. The monoisotopic (exact) mass is 454 g/mol. The molecule has 0 bridgehead atoms. The average Bonchev–Trinajstić information content (AvgIpc) is 2.74. The van der Waals surface area contributed by atoms with Gasteiger partial charge in [-0.25, -0.2) is 4.79 Å². The first-order valence-corrected chi connectivity index (χ1v) is 11.0. The first-order chi connectivity index (χ1) is 14.6. The summed E-state index contributed by atoms with van der Waals surface area (Å²) in [5, 5.41) is 59.8. The van der Waals surface area contributed by atoms with Crippen LogP contribution >= 0.6 is 0 Å². The molecule has 7 heteroatoms. The maximum Gasteiger partial charge on any atom is 0.335 e. The molecule has 0 heterocycles. The SMILES string of the molecule is C/C=C(\C)[C@H](O)[C@H](C)/C=C(\C)[C@H](O)[C@H](C)/C=C(\C)[C@H](O)[C@H](C)/C=C(\C)[C@H](O)[C@@H](O)C(=O)O. The summed E-state index contributed by atoms with van der Waals surface area (Å²) >= 11 is 0. The van der Waals surface area contributed by atoms with E-state index in [1.807, 2.05) is 39.8 Å². The summed E-state index contributed by atoms with van der Waals surface area (Å²) in [6.45, 7) is 14.2. The van der Waals surface area contributed by atoms with E-state index in [4.69, 9.17) is 5.11 Å². The van der Waals surface area contributed by atoms with E-state index in [2.05, 4.69) is 0 Å². The second-order valence-electron chi connectivity index (χ2n) is 8.90. The molecule has 0 aromatic rings. The van der Waals surface area contributed by atoms with E-state index in [1.54, 1.807) is 26.8 Å². The third-order valence-electron chi connectivity index (χ3n) is 5.94. The van der Waals surface area contributed by atoms with Crippen molar-refractivity contribution in [1.29, 1.82) is 0 Å². The molecule has 0 rings (SSSR count). The van der Waals surface area contributed by atoms with Gasteiger partial charge in [-0.05, 0) is 56.9 Å². The van der Waals surface area contributed by atoms with Crippen LogP contribution in [0.3, 0.4) is 0 Å². The Morgan fingerprint density at radius 2 is 0.844 bits per heavy atom. The fourth-order valence-corrected chi connectivity index (χ4v) is 3.61. The highest BCUT2D eigenvalue weighted by atomic mass is 16.4. The fourth-order valence-electron chi connectivity index (χ4n) is 3.61. The van der Waals surface area contributed by atoms with Crippen LogP contribution in [0.1, 0.15) is 55.4 Å². The predicted octanol–water partition coefficient (Wildman–Crippen LogP) is 2.59. The molecule has 0 aromatic carbocycles. The summed E-state index contributed by atoms with van der Waals surface area (Å²) in [6.07, 6.45) is 1.16. The van der Waals surface area contributed by atoms with Crippen molar-refractivity contribution >= 4 is 5.97 Å². The van der Waals surface area contributed by atoms with Crippen molar-refractivity contribution < 1.29 is 35.4 Å². The molecule has 0 radical (unpaired) electrons. The second kappa shape index (κ2) is 13.7. The van der Waals surface area contributed by atoms with Gasteiger partial charge in [-0.2, -0.15) is 0 Å². The Labute approximate surface area is 192 Å². The van der Waals surface area contributed by atoms with Crippen molar-refractivity contribution in [1.82, 2.24) is 0 Å². The van der Waals surface area contributed by atoms with Crippen molar-refractivity contribution in [2.75, 3.05) is 0 Å². The first kappa shape index (κ1) is 30.2. The molecule has 0 aliphatic heterocycles. The molecule has 7 nitrogen and oxygen atoms in total. The molecule has 8 atom stereocenters. The quantitative estimate of drug-likeness (QED) is 0.249. The lowest BCUT2D eigenvalue weighted by Gasteiger charge is -2.24. The van der Waals surface area contributed by atoms with Gasteiger partial charge in [0.2, 0.25) is 0 Å². The summed E-state index contributed by atoms with van der Waals surface area (Å²) in [7, 11) is 0. The average molecular weight is 455 g/mol. The smallest absolute Gasteiger partial charge is 0.335 e. The van der Waals surface area contributed by atoms with Crippen LogP contribution in [0, 0.1) is 17.8 Å². The molecule has 0 aliphatic rings.